The first-order valence-electron chi connectivity index (χ1n) is 10.9. The Labute approximate surface area is 180 Å². The van der Waals surface area contributed by atoms with Crippen molar-refractivity contribution in [3.63, 3.8) is 0 Å². The van der Waals surface area contributed by atoms with Crippen molar-refractivity contribution in [2.75, 3.05) is 19.5 Å². The maximum atomic E-state index is 12.6. The van der Waals surface area contributed by atoms with Crippen LogP contribution in [0, 0.1) is 11.8 Å². The number of methoxy groups -OCH3 is 1. The molecule has 5 nitrogen and oxygen atoms in total. The number of hydrogen-bond donors (Lipinski definition) is 2. The second-order valence-electron chi connectivity index (χ2n) is 7.61. The van der Waals surface area contributed by atoms with Gasteiger partial charge in [0.25, 0.3) is 0 Å². The van der Waals surface area contributed by atoms with Gasteiger partial charge in [0.1, 0.15) is 5.78 Å². The molecule has 0 radical (unpaired) electrons. The van der Waals surface area contributed by atoms with Gasteiger partial charge in [0.15, 0.2) is 0 Å². The summed E-state index contributed by atoms with van der Waals surface area (Å²) < 4.78 is 4.63. The summed E-state index contributed by atoms with van der Waals surface area (Å²) >= 11 is 1.65. The highest BCUT2D eigenvalue weighted by Crippen LogP contribution is 2.40. The fourth-order valence-electron chi connectivity index (χ4n) is 3.66. The monoisotopic (exact) mass is 426 g/mol. The number of allylic oxidation sites excluding steroid dienone is 3. The van der Waals surface area contributed by atoms with Crippen LogP contribution in [0.2, 0.25) is 0 Å². The fourth-order valence-corrected chi connectivity index (χ4v) is 4.86. The highest BCUT2D eigenvalue weighted by molar-refractivity contribution is 8.00. The molecule has 2 N–H and O–H groups in total. The third-order valence-electron chi connectivity index (χ3n) is 5.33. The minimum atomic E-state index is -0.463. The van der Waals surface area contributed by atoms with Gasteiger partial charge in [-0.05, 0) is 31.6 Å². The molecule has 0 heterocycles. The summed E-state index contributed by atoms with van der Waals surface area (Å²) in [6, 6.07) is 0. The summed E-state index contributed by atoms with van der Waals surface area (Å²) in [5.74, 6) is 0.685. The molecule has 1 saturated carbocycles. The molecule has 1 aliphatic rings. The highest BCUT2D eigenvalue weighted by Gasteiger charge is 2.40. The molecule has 0 aromatic carbocycles. The van der Waals surface area contributed by atoms with Crippen LogP contribution in [0.4, 0.5) is 0 Å². The Morgan fingerprint density at radius 3 is 2.79 bits per heavy atom. The molecule has 0 bridgehead atoms. The van der Waals surface area contributed by atoms with Crippen molar-refractivity contribution in [2.24, 2.45) is 11.8 Å². The minimum Gasteiger partial charge on any atom is -0.469 e. The SMILES string of the molecule is CCCCC[C@@H](O)/C=C/[C@H]1[C@@H](SCCO)CC(=O)[C@@H]1C/C=C\CCCC(=O)OC. The maximum absolute atomic E-state index is 12.6. The zero-order valence-electron chi connectivity index (χ0n) is 17.9. The average molecular weight is 427 g/mol. The smallest absolute Gasteiger partial charge is 0.305 e. The van der Waals surface area contributed by atoms with Crippen LogP contribution >= 0.6 is 11.8 Å². The van der Waals surface area contributed by atoms with E-state index in [0.717, 1.165) is 38.5 Å². The number of rotatable bonds is 15. The lowest BCUT2D eigenvalue weighted by atomic mass is 9.91. The lowest BCUT2D eigenvalue weighted by molar-refractivity contribution is -0.140. The third-order valence-corrected chi connectivity index (χ3v) is 6.66. The van der Waals surface area contributed by atoms with Gasteiger partial charge in [0.05, 0.1) is 19.8 Å². The molecule has 0 aromatic heterocycles. The largest absolute Gasteiger partial charge is 0.469 e. The van der Waals surface area contributed by atoms with Crippen LogP contribution in [0.3, 0.4) is 0 Å². The second kappa shape index (κ2) is 15.7. The van der Waals surface area contributed by atoms with Crippen LogP contribution in [-0.2, 0) is 14.3 Å². The van der Waals surface area contributed by atoms with Gasteiger partial charge in [-0.3, -0.25) is 9.59 Å². The highest BCUT2D eigenvalue weighted by atomic mass is 32.2. The molecule has 4 atom stereocenters. The van der Waals surface area contributed by atoms with Gasteiger partial charge in [-0.25, -0.2) is 0 Å². The van der Waals surface area contributed by atoms with Crippen LogP contribution in [0.1, 0.15) is 64.7 Å². The fraction of sp³-hybridized carbons (Fsp3) is 0.739. The summed E-state index contributed by atoms with van der Waals surface area (Å²) in [6.07, 6.45) is 14.6. The van der Waals surface area contributed by atoms with E-state index >= 15 is 0 Å². The second-order valence-corrected chi connectivity index (χ2v) is 8.96. The summed E-state index contributed by atoms with van der Waals surface area (Å²) in [5, 5.41) is 19.5. The van der Waals surface area contributed by atoms with Gasteiger partial charge >= 0.3 is 5.97 Å². The predicted molar refractivity (Wildman–Crippen MR) is 119 cm³/mol. The van der Waals surface area contributed by atoms with E-state index in [1.54, 1.807) is 11.8 Å². The zero-order chi connectivity index (χ0) is 21.5. The molecule has 0 aliphatic heterocycles. The van der Waals surface area contributed by atoms with Crippen LogP contribution in [0.15, 0.2) is 24.3 Å². The number of esters is 1. The number of hydrogen-bond acceptors (Lipinski definition) is 6. The van der Waals surface area contributed by atoms with E-state index in [0.29, 0.717) is 25.0 Å². The van der Waals surface area contributed by atoms with Crippen molar-refractivity contribution in [2.45, 2.75) is 76.1 Å². The van der Waals surface area contributed by atoms with Crippen molar-refractivity contribution >= 4 is 23.5 Å². The maximum Gasteiger partial charge on any atom is 0.305 e. The molecule has 1 rings (SSSR count). The van der Waals surface area contributed by atoms with Crippen molar-refractivity contribution in [1.82, 2.24) is 0 Å². The Bertz CT molecular complexity index is 531. The van der Waals surface area contributed by atoms with Gasteiger partial charge in [0, 0.05) is 29.8 Å². The molecule has 0 unspecified atom stereocenters. The normalized spacial score (nSPS) is 23.3. The predicted octanol–water partition coefficient (Wildman–Crippen LogP) is 4.07. The molecule has 1 aliphatic carbocycles. The van der Waals surface area contributed by atoms with Gasteiger partial charge in [-0.1, -0.05) is 50.5 Å². The zero-order valence-corrected chi connectivity index (χ0v) is 18.7. The van der Waals surface area contributed by atoms with Crippen molar-refractivity contribution < 1.29 is 24.5 Å². The standard InChI is InChI=1S/C23H38O5S/c1-3-4-7-10-18(25)13-14-20-19(21(26)17-22(20)29-16-15-24)11-8-5-6-9-12-23(27)28-2/h5,8,13-14,18-20,22,24-25H,3-4,6-7,9-12,15-17H2,1-2H3/b8-5-,14-13+/t18-,19-,20-,22+/m1/s1. The lowest BCUT2D eigenvalue weighted by Crippen LogP contribution is -2.18. The number of unbranched alkanes of at least 4 members (excludes halogenated alkanes) is 3. The van der Waals surface area contributed by atoms with E-state index in [-0.39, 0.29) is 35.4 Å². The van der Waals surface area contributed by atoms with E-state index in [4.69, 9.17) is 5.11 Å². The van der Waals surface area contributed by atoms with Crippen molar-refractivity contribution in [3.8, 4) is 0 Å². The van der Waals surface area contributed by atoms with Gasteiger partial charge in [0.2, 0.25) is 0 Å². The van der Waals surface area contributed by atoms with E-state index in [1.807, 2.05) is 24.3 Å². The molecule has 0 aromatic rings. The Morgan fingerprint density at radius 1 is 1.31 bits per heavy atom. The van der Waals surface area contributed by atoms with E-state index in [2.05, 4.69) is 11.7 Å². The molecular formula is C23H38O5S. The molecule has 0 saturated heterocycles. The first-order chi connectivity index (χ1) is 14.0. The van der Waals surface area contributed by atoms with E-state index < -0.39 is 6.10 Å². The molecule has 0 spiro atoms. The minimum absolute atomic E-state index is 0.0814. The van der Waals surface area contributed by atoms with Gasteiger partial charge < -0.3 is 14.9 Å². The molecule has 6 heteroatoms. The molecule has 0 amide bonds. The Hall–Kier alpha value is -1.11. The number of carbonyl (C=O) groups is 2. The molecule has 1 fully saturated rings. The Kier molecular flexibility index (Phi) is 14.0. The number of Topliss-reactive ketones (excluding diaryl/α,β-unsaturated/α-hetero) is 1. The Morgan fingerprint density at radius 2 is 2.10 bits per heavy atom. The van der Waals surface area contributed by atoms with Crippen LogP contribution < -0.4 is 0 Å². The quantitative estimate of drug-likeness (QED) is 0.233. The number of aliphatic hydroxyl groups is 2. The Balaban J connectivity index is 2.63. The first-order valence-corrected chi connectivity index (χ1v) is 11.9. The van der Waals surface area contributed by atoms with Crippen LogP contribution in [0.5, 0.6) is 0 Å². The van der Waals surface area contributed by atoms with Crippen molar-refractivity contribution in [1.29, 1.82) is 0 Å². The molecular weight excluding hydrogens is 388 g/mol. The first kappa shape index (κ1) is 25.9. The molecule has 166 valence electrons. The number of ether oxygens (including phenoxy) is 1. The number of aliphatic hydroxyl groups excluding tert-OH is 2. The molecule has 29 heavy (non-hydrogen) atoms. The third kappa shape index (κ3) is 10.5. The summed E-state index contributed by atoms with van der Waals surface area (Å²) in [4.78, 5) is 23.7. The van der Waals surface area contributed by atoms with Crippen molar-refractivity contribution in [3.05, 3.63) is 24.3 Å². The number of thioether (sulfide) groups is 1. The summed E-state index contributed by atoms with van der Waals surface area (Å²) in [5.41, 5.74) is 0. The lowest BCUT2D eigenvalue weighted by Gasteiger charge is -2.20. The summed E-state index contributed by atoms with van der Waals surface area (Å²) in [7, 11) is 1.39. The number of ketones is 1. The summed E-state index contributed by atoms with van der Waals surface area (Å²) in [6.45, 7) is 2.25. The van der Waals surface area contributed by atoms with Gasteiger partial charge in [-0.2, -0.15) is 11.8 Å². The average Bonchev–Trinajstić information content (AvgIpc) is 3.01. The number of carbonyl (C=O) groups excluding carboxylic acids is 2. The van der Waals surface area contributed by atoms with Crippen LogP contribution in [0.25, 0.3) is 0 Å². The van der Waals surface area contributed by atoms with E-state index in [1.165, 1.54) is 7.11 Å². The van der Waals surface area contributed by atoms with Gasteiger partial charge in [-0.15, -0.1) is 0 Å². The van der Waals surface area contributed by atoms with Crippen LogP contribution in [-0.4, -0.2) is 52.8 Å². The van der Waals surface area contributed by atoms with E-state index in [9.17, 15) is 14.7 Å². The topological polar surface area (TPSA) is 83.8 Å².